The van der Waals surface area contributed by atoms with Crippen LogP contribution in [0.5, 0.6) is 0 Å². The van der Waals surface area contributed by atoms with Gasteiger partial charge in [0.1, 0.15) is 11.6 Å². The predicted octanol–water partition coefficient (Wildman–Crippen LogP) is 9.76. The first-order valence-electron chi connectivity index (χ1n) is 12.5. The monoisotopic (exact) mass is 478 g/mol. The molecular weight excluding hydrogens is 448 g/mol. The number of halogens is 4. The number of benzene rings is 3. The standard InChI is InChI=1S/C31H30F4/c1-2-3-4-5-21-6-8-22(9-7-21)10-11-23-12-16-27(29(32)18-23)24-15-17-28-25(19-24)13-14-26(31(28)35)20-30(33)34/h12-22H,2-9H2,1H3. The molecule has 0 N–H and O–H groups in total. The number of unbranched alkanes of at least 4 members (excludes halogenated alkanes) is 2. The van der Waals surface area contributed by atoms with Gasteiger partial charge in [-0.15, -0.1) is 0 Å². The quantitative estimate of drug-likeness (QED) is 0.188. The normalized spacial score (nSPS) is 17.6. The molecule has 0 heterocycles. The summed E-state index contributed by atoms with van der Waals surface area (Å²) in [6.07, 6.45) is 8.49. The van der Waals surface area contributed by atoms with Gasteiger partial charge in [0, 0.05) is 34.1 Å². The van der Waals surface area contributed by atoms with Crippen LogP contribution in [0.25, 0.3) is 28.0 Å². The number of hydrogen-bond donors (Lipinski definition) is 0. The summed E-state index contributed by atoms with van der Waals surface area (Å²) in [6.45, 7) is 2.24. The van der Waals surface area contributed by atoms with Gasteiger partial charge in [-0.25, -0.2) is 8.78 Å². The highest BCUT2D eigenvalue weighted by atomic mass is 19.3. The van der Waals surface area contributed by atoms with Crippen molar-refractivity contribution in [3.63, 3.8) is 0 Å². The van der Waals surface area contributed by atoms with Crippen molar-refractivity contribution in [3.8, 4) is 23.0 Å². The fraction of sp³-hybridized carbons (Fsp3) is 0.355. The lowest BCUT2D eigenvalue weighted by Gasteiger charge is -2.25. The lowest BCUT2D eigenvalue weighted by atomic mass is 9.80. The Hall–Kier alpha value is -3.06. The average molecular weight is 479 g/mol. The molecule has 0 radical (unpaired) electrons. The van der Waals surface area contributed by atoms with E-state index < -0.39 is 17.7 Å². The maximum Gasteiger partial charge on any atom is 0.271 e. The fourth-order valence-electron chi connectivity index (χ4n) is 5.00. The van der Waals surface area contributed by atoms with Crippen molar-refractivity contribution >= 4 is 16.8 Å². The van der Waals surface area contributed by atoms with Gasteiger partial charge in [-0.1, -0.05) is 74.8 Å². The lowest BCUT2D eigenvalue weighted by molar-refractivity contribution is 0.294. The van der Waals surface area contributed by atoms with E-state index in [2.05, 4.69) is 18.8 Å². The second-order valence-electron chi connectivity index (χ2n) is 9.52. The lowest BCUT2D eigenvalue weighted by Crippen LogP contribution is -2.13. The van der Waals surface area contributed by atoms with Gasteiger partial charge < -0.3 is 0 Å². The third-order valence-electron chi connectivity index (χ3n) is 7.01. The van der Waals surface area contributed by atoms with Crippen LogP contribution in [-0.4, -0.2) is 0 Å². The number of hydrogen-bond acceptors (Lipinski definition) is 0. The van der Waals surface area contributed by atoms with Crippen LogP contribution >= 0.6 is 0 Å². The third-order valence-corrected chi connectivity index (χ3v) is 7.01. The summed E-state index contributed by atoms with van der Waals surface area (Å²) >= 11 is 0. The summed E-state index contributed by atoms with van der Waals surface area (Å²) in [7, 11) is 0. The van der Waals surface area contributed by atoms with Crippen LogP contribution in [0.1, 0.15) is 69.4 Å². The second-order valence-corrected chi connectivity index (χ2v) is 9.52. The Morgan fingerprint density at radius 2 is 1.74 bits per heavy atom. The Kier molecular flexibility index (Phi) is 8.29. The van der Waals surface area contributed by atoms with E-state index in [1.807, 2.05) is 6.07 Å². The Bertz CT molecular complexity index is 1270. The zero-order valence-electron chi connectivity index (χ0n) is 20.0. The van der Waals surface area contributed by atoms with E-state index in [-0.39, 0.29) is 10.9 Å². The zero-order chi connectivity index (χ0) is 24.8. The summed E-state index contributed by atoms with van der Waals surface area (Å²) in [6, 6.07) is 12.6. The number of rotatable bonds is 6. The molecule has 35 heavy (non-hydrogen) atoms. The molecule has 0 aromatic heterocycles. The van der Waals surface area contributed by atoms with Crippen LogP contribution in [0.15, 0.2) is 54.6 Å². The molecule has 0 aliphatic heterocycles. The van der Waals surface area contributed by atoms with Crippen molar-refractivity contribution in [1.29, 1.82) is 0 Å². The average Bonchev–Trinajstić information content (AvgIpc) is 2.85. The fourth-order valence-corrected chi connectivity index (χ4v) is 5.00. The van der Waals surface area contributed by atoms with Gasteiger partial charge >= 0.3 is 0 Å². The topological polar surface area (TPSA) is 0 Å². The number of fused-ring (bicyclic) bond motifs is 1. The predicted molar refractivity (Wildman–Crippen MR) is 136 cm³/mol. The summed E-state index contributed by atoms with van der Waals surface area (Å²) in [5.74, 6) is 6.59. The minimum Gasteiger partial charge on any atom is -0.206 e. The Morgan fingerprint density at radius 3 is 2.46 bits per heavy atom. The van der Waals surface area contributed by atoms with Crippen molar-refractivity contribution in [1.82, 2.24) is 0 Å². The molecule has 1 aliphatic carbocycles. The van der Waals surface area contributed by atoms with Gasteiger partial charge in [-0.3, -0.25) is 0 Å². The Balaban J connectivity index is 1.46. The van der Waals surface area contributed by atoms with E-state index in [4.69, 9.17) is 0 Å². The summed E-state index contributed by atoms with van der Waals surface area (Å²) in [4.78, 5) is 0. The molecule has 0 saturated heterocycles. The van der Waals surface area contributed by atoms with Crippen molar-refractivity contribution < 1.29 is 17.6 Å². The Morgan fingerprint density at radius 1 is 0.943 bits per heavy atom. The van der Waals surface area contributed by atoms with Crippen LogP contribution in [0.2, 0.25) is 0 Å². The molecule has 4 heteroatoms. The van der Waals surface area contributed by atoms with E-state index in [1.165, 1.54) is 56.7 Å². The van der Waals surface area contributed by atoms with Gasteiger partial charge in [0.25, 0.3) is 6.08 Å². The minimum atomic E-state index is -1.96. The van der Waals surface area contributed by atoms with E-state index in [0.29, 0.717) is 34.1 Å². The maximum absolute atomic E-state index is 15.0. The van der Waals surface area contributed by atoms with Gasteiger partial charge in [0.05, 0.1) is 0 Å². The first kappa shape index (κ1) is 25.0. The van der Waals surface area contributed by atoms with Crippen molar-refractivity contribution in [2.45, 2.75) is 58.3 Å². The van der Waals surface area contributed by atoms with E-state index in [1.54, 1.807) is 24.3 Å². The summed E-state index contributed by atoms with van der Waals surface area (Å²) in [5.41, 5.74) is 1.46. The van der Waals surface area contributed by atoms with Crippen LogP contribution in [0.3, 0.4) is 0 Å². The molecule has 0 atom stereocenters. The van der Waals surface area contributed by atoms with Crippen LogP contribution in [0.4, 0.5) is 17.6 Å². The Labute approximate surface area is 205 Å². The molecular formula is C31H30F4. The minimum absolute atomic E-state index is 0.177. The smallest absolute Gasteiger partial charge is 0.206 e. The largest absolute Gasteiger partial charge is 0.271 e. The first-order chi connectivity index (χ1) is 16.9. The summed E-state index contributed by atoms with van der Waals surface area (Å²) in [5, 5.41) is 0.733. The molecule has 4 rings (SSSR count). The molecule has 0 spiro atoms. The van der Waals surface area contributed by atoms with Gasteiger partial charge in [0.2, 0.25) is 0 Å². The van der Waals surface area contributed by atoms with Crippen molar-refractivity contribution in [2.75, 3.05) is 0 Å². The van der Waals surface area contributed by atoms with Crippen LogP contribution < -0.4 is 0 Å². The molecule has 1 saturated carbocycles. The van der Waals surface area contributed by atoms with Crippen LogP contribution in [0, 0.1) is 35.3 Å². The summed E-state index contributed by atoms with van der Waals surface area (Å²) < 4.78 is 54.6. The highest BCUT2D eigenvalue weighted by molar-refractivity contribution is 5.89. The molecule has 1 fully saturated rings. The molecule has 0 nitrogen and oxygen atoms in total. The van der Waals surface area contributed by atoms with Gasteiger partial charge in [-0.2, -0.15) is 8.78 Å². The SMILES string of the molecule is CCCCCC1CCC(C#Cc2ccc(-c3ccc4c(F)c(C=C(F)F)ccc4c3)c(F)c2)CC1. The third kappa shape index (κ3) is 6.34. The van der Waals surface area contributed by atoms with Crippen LogP contribution in [-0.2, 0) is 0 Å². The molecule has 182 valence electrons. The zero-order valence-corrected chi connectivity index (χ0v) is 20.0. The molecule has 0 amide bonds. The van der Waals surface area contributed by atoms with E-state index in [0.717, 1.165) is 18.8 Å². The van der Waals surface area contributed by atoms with E-state index in [9.17, 15) is 17.6 Å². The molecule has 3 aromatic carbocycles. The van der Waals surface area contributed by atoms with Crippen molar-refractivity contribution in [3.05, 3.63) is 77.4 Å². The highest BCUT2D eigenvalue weighted by Crippen LogP contribution is 2.32. The molecule has 0 unspecified atom stereocenters. The maximum atomic E-state index is 15.0. The molecule has 0 bridgehead atoms. The van der Waals surface area contributed by atoms with Gasteiger partial charge in [-0.05, 0) is 60.7 Å². The van der Waals surface area contributed by atoms with Gasteiger partial charge in [0.15, 0.2) is 0 Å². The molecule has 1 aliphatic rings. The first-order valence-corrected chi connectivity index (χ1v) is 12.5. The van der Waals surface area contributed by atoms with E-state index >= 15 is 0 Å². The second kappa shape index (κ2) is 11.6. The van der Waals surface area contributed by atoms with Crippen molar-refractivity contribution in [2.24, 2.45) is 11.8 Å². The highest BCUT2D eigenvalue weighted by Gasteiger charge is 2.19. The molecule has 3 aromatic rings.